The average Bonchev–Trinajstić information content (AvgIpc) is 3.45. The van der Waals surface area contributed by atoms with Crippen LogP contribution in [0.5, 0.6) is 0 Å². The molecule has 10 rings (SSSR count). The SMILES string of the molecule is Cc1cc2c3c(c1)c1cc(Br)cc4c1n3-c1c(cccc1C2(c1ccccc1)C1C=CC=CC1)C4(c1ccccc1)c1ccccc1. The molecule has 2 heteroatoms. The van der Waals surface area contributed by atoms with E-state index in [1.54, 1.807) is 0 Å². The summed E-state index contributed by atoms with van der Waals surface area (Å²) in [6, 6.07) is 50.5. The molecular weight excluding hydrogens is 634 g/mol. The maximum Gasteiger partial charge on any atom is 0.0743 e. The van der Waals surface area contributed by atoms with Crippen molar-refractivity contribution in [2.75, 3.05) is 0 Å². The van der Waals surface area contributed by atoms with Crippen LogP contribution in [0.2, 0.25) is 0 Å². The Morgan fingerprint density at radius 1 is 0.596 bits per heavy atom. The fraction of sp³-hybridized carbons (Fsp3) is 0.111. The van der Waals surface area contributed by atoms with Gasteiger partial charge in [-0.3, -0.25) is 0 Å². The zero-order valence-electron chi connectivity index (χ0n) is 26.1. The number of aryl methyl sites for hydroxylation is 1. The lowest BCUT2D eigenvalue weighted by atomic mass is 9.56. The largest absolute Gasteiger partial charge is 0.308 e. The molecule has 2 atom stereocenters. The highest BCUT2D eigenvalue weighted by Crippen LogP contribution is 2.62. The number of hydrogen-bond acceptors (Lipinski definition) is 0. The first kappa shape index (κ1) is 27.2. The van der Waals surface area contributed by atoms with E-state index in [2.05, 4.69) is 185 Å². The Labute approximate surface area is 283 Å². The number of nitrogens with zero attached hydrogens (tertiary/aromatic N) is 1. The van der Waals surface area contributed by atoms with Crippen molar-refractivity contribution < 1.29 is 0 Å². The van der Waals surface area contributed by atoms with E-state index in [4.69, 9.17) is 0 Å². The Bertz CT molecular complexity index is 2410. The van der Waals surface area contributed by atoms with E-state index >= 15 is 0 Å². The van der Waals surface area contributed by atoms with E-state index in [1.807, 2.05) is 0 Å². The van der Waals surface area contributed by atoms with Crippen molar-refractivity contribution in [2.24, 2.45) is 5.92 Å². The van der Waals surface area contributed by atoms with Crippen LogP contribution in [0, 0.1) is 12.8 Å². The van der Waals surface area contributed by atoms with Crippen LogP contribution in [0.1, 0.15) is 50.9 Å². The van der Waals surface area contributed by atoms with Crippen LogP contribution in [-0.4, -0.2) is 4.57 Å². The van der Waals surface area contributed by atoms with Crippen molar-refractivity contribution in [2.45, 2.75) is 24.2 Å². The Hall–Kier alpha value is -4.92. The van der Waals surface area contributed by atoms with E-state index in [9.17, 15) is 0 Å². The summed E-state index contributed by atoms with van der Waals surface area (Å²) in [6.07, 6.45) is 10.3. The molecule has 0 fully saturated rings. The molecule has 224 valence electrons. The highest BCUT2D eigenvalue weighted by Gasteiger charge is 2.53. The van der Waals surface area contributed by atoms with Crippen LogP contribution in [0.15, 0.2) is 162 Å². The number of para-hydroxylation sites is 1. The zero-order chi connectivity index (χ0) is 31.3. The molecule has 2 aliphatic heterocycles. The molecule has 0 N–H and O–H groups in total. The lowest BCUT2D eigenvalue weighted by Gasteiger charge is -2.49. The van der Waals surface area contributed by atoms with Crippen molar-refractivity contribution in [3.8, 4) is 5.69 Å². The normalized spacial score (nSPS) is 19.9. The monoisotopic (exact) mass is 665 g/mol. The van der Waals surface area contributed by atoms with Crippen LogP contribution >= 0.6 is 15.9 Å². The summed E-state index contributed by atoms with van der Waals surface area (Å²) >= 11 is 4.03. The molecule has 7 aromatic rings. The number of fused-ring (bicyclic) bond motifs is 1. The third-order valence-electron chi connectivity index (χ3n) is 11.2. The number of halogens is 1. The fourth-order valence-electron chi connectivity index (χ4n) is 9.58. The molecule has 0 amide bonds. The number of hydrogen-bond donors (Lipinski definition) is 0. The average molecular weight is 667 g/mol. The third kappa shape index (κ3) is 3.34. The third-order valence-corrected chi connectivity index (χ3v) is 11.6. The molecule has 0 bridgehead atoms. The van der Waals surface area contributed by atoms with Gasteiger partial charge in [0.05, 0.1) is 27.6 Å². The first-order valence-corrected chi connectivity index (χ1v) is 17.4. The van der Waals surface area contributed by atoms with Gasteiger partial charge in [0.15, 0.2) is 0 Å². The van der Waals surface area contributed by atoms with Gasteiger partial charge in [0.2, 0.25) is 0 Å². The smallest absolute Gasteiger partial charge is 0.0743 e. The van der Waals surface area contributed by atoms with Crippen molar-refractivity contribution in [1.82, 2.24) is 4.57 Å². The van der Waals surface area contributed by atoms with Gasteiger partial charge in [-0.15, -0.1) is 0 Å². The van der Waals surface area contributed by atoms with E-state index < -0.39 is 10.8 Å². The van der Waals surface area contributed by atoms with Crippen LogP contribution in [0.25, 0.3) is 27.5 Å². The van der Waals surface area contributed by atoms with Gasteiger partial charge < -0.3 is 4.57 Å². The van der Waals surface area contributed by atoms with E-state index in [0.29, 0.717) is 0 Å². The second kappa shape index (κ2) is 9.80. The summed E-state index contributed by atoms with van der Waals surface area (Å²) in [7, 11) is 0. The molecule has 47 heavy (non-hydrogen) atoms. The van der Waals surface area contributed by atoms with Gasteiger partial charge in [-0.2, -0.15) is 0 Å². The Balaban J connectivity index is 1.52. The minimum absolute atomic E-state index is 0.245. The second-order valence-corrected chi connectivity index (χ2v) is 14.3. The van der Waals surface area contributed by atoms with Gasteiger partial charge in [0.1, 0.15) is 0 Å². The Kier molecular flexibility index (Phi) is 5.67. The molecule has 3 heterocycles. The van der Waals surface area contributed by atoms with Crippen molar-refractivity contribution >= 4 is 37.7 Å². The second-order valence-electron chi connectivity index (χ2n) is 13.4. The summed E-state index contributed by atoms with van der Waals surface area (Å²) in [5, 5.41) is 2.62. The maximum atomic E-state index is 4.03. The standard InChI is InChI=1S/C45H32BrN/c1-29-25-35-36-27-34(46)28-40-42(36)47-41(35)39(26-29)44(30-15-6-2-7-16-30,31-17-8-3-9-18-31)37-23-14-24-38(43(37)47)45(40,32-19-10-4-11-20-32)33-21-12-5-13-22-33/h2-17,19-28,31H,18H2,1H3. The fourth-order valence-corrected chi connectivity index (χ4v) is 10.0. The molecule has 6 aromatic carbocycles. The first-order chi connectivity index (χ1) is 23.1. The molecule has 0 saturated heterocycles. The molecular formula is C45H32BrN. The molecule has 2 unspecified atom stereocenters. The molecule has 1 aromatic heterocycles. The van der Waals surface area contributed by atoms with E-state index in [1.165, 1.54) is 72.0 Å². The Morgan fingerprint density at radius 2 is 1.21 bits per heavy atom. The maximum absolute atomic E-state index is 4.03. The van der Waals surface area contributed by atoms with Crippen molar-refractivity contribution in [3.63, 3.8) is 0 Å². The molecule has 1 nitrogen and oxygen atoms in total. The first-order valence-electron chi connectivity index (χ1n) is 16.6. The van der Waals surface area contributed by atoms with Crippen LogP contribution in [-0.2, 0) is 10.8 Å². The number of benzene rings is 6. The number of aromatic nitrogens is 1. The van der Waals surface area contributed by atoms with Crippen LogP contribution in [0.4, 0.5) is 0 Å². The predicted molar refractivity (Wildman–Crippen MR) is 198 cm³/mol. The quantitative estimate of drug-likeness (QED) is 0.176. The number of rotatable bonds is 4. The van der Waals surface area contributed by atoms with Gasteiger partial charge in [0.25, 0.3) is 0 Å². The predicted octanol–water partition coefficient (Wildman–Crippen LogP) is 11.3. The van der Waals surface area contributed by atoms with Gasteiger partial charge in [-0.1, -0.05) is 161 Å². The van der Waals surface area contributed by atoms with Gasteiger partial charge in [-0.25, -0.2) is 0 Å². The summed E-state index contributed by atoms with van der Waals surface area (Å²) in [4.78, 5) is 0. The lowest BCUT2D eigenvalue weighted by molar-refractivity contribution is 0.443. The summed E-state index contributed by atoms with van der Waals surface area (Å²) < 4.78 is 3.76. The lowest BCUT2D eigenvalue weighted by Crippen LogP contribution is -2.44. The minimum Gasteiger partial charge on any atom is -0.308 e. The summed E-state index contributed by atoms with van der Waals surface area (Å²) in [5.41, 5.74) is 13.7. The van der Waals surface area contributed by atoms with Crippen molar-refractivity contribution in [3.05, 3.63) is 207 Å². The summed E-state index contributed by atoms with van der Waals surface area (Å²) in [6.45, 7) is 2.27. The van der Waals surface area contributed by atoms with Crippen molar-refractivity contribution in [1.29, 1.82) is 0 Å². The molecule has 1 aliphatic carbocycles. The van der Waals surface area contributed by atoms with E-state index in [-0.39, 0.29) is 5.92 Å². The minimum atomic E-state index is -0.530. The zero-order valence-corrected chi connectivity index (χ0v) is 27.7. The highest BCUT2D eigenvalue weighted by molar-refractivity contribution is 9.10. The van der Waals surface area contributed by atoms with E-state index in [0.717, 1.165) is 10.9 Å². The topological polar surface area (TPSA) is 4.93 Å². The van der Waals surface area contributed by atoms with Crippen LogP contribution < -0.4 is 0 Å². The van der Waals surface area contributed by atoms with Gasteiger partial charge in [0, 0.05) is 15.2 Å². The number of allylic oxidation sites excluding steroid dienone is 4. The summed E-state index contributed by atoms with van der Waals surface area (Å²) in [5.74, 6) is 0.245. The molecule has 0 saturated carbocycles. The molecule has 0 radical (unpaired) electrons. The van der Waals surface area contributed by atoms with Gasteiger partial charge >= 0.3 is 0 Å². The van der Waals surface area contributed by atoms with Gasteiger partial charge in [-0.05, 0) is 76.4 Å². The Morgan fingerprint density at radius 3 is 1.87 bits per heavy atom. The molecule has 0 spiro atoms. The molecule has 3 aliphatic rings. The van der Waals surface area contributed by atoms with Crippen LogP contribution in [0.3, 0.4) is 0 Å². The highest BCUT2D eigenvalue weighted by atomic mass is 79.9.